The molecule has 0 aromatic rings. The number of rotatable bonds is 2. The van der Waals surface area contributed by atoms with Crippen LogP contribution in [0.1, 0.15) is 27.2 Å². The van der Waals surface area contributed by atoms with Crippen LogP contribution in [0, 0.1) is 0 Å². The Kier molecular flexibility index (Phi) is 2.93. The molecule has 1 fully saturated rings. The maximum atomic E-state index is 11.4. The van der Waals surface area contributed by atoms with Crippen molar-refractivity contribution in [3.63, 3.8) is 0 Å². The molecule has 76 valence electrons. The predicted molar refractivity (Wildman–Crippen MR) is 50.2 cm³/mol. The van der Waals surface area contributed by atoms with Crippen molar-refractivity contribution < 1.29 is 9.53 Å². The van der Waals surface area contributed by atoms with Crippen LogP contribution in [0.3, 0.4) is 0 Å². The van der Waals surface area contributed by atoms with Gasteiger partial charge >= 0.3 is 0 Å². The molecule has 0 saturated carbocycles. The van der Waals surface area contributed by atoms with Crippen LogP contribution >= 0.6 is 0 Å². The van der Waals surface area contributed by atoms with Gasteiger partial charge < -0.3 is 15.8 Å². The molecule has 2 unspecified atom stereocenters. The molecule has 3 N–H and O–H groups in total. The van der Waals surface area contributed by atoms with Crippen LogP contribution in [0.2, 0.25) is 0 Å². The van der Waals surface area contributed by atoms with E-state index in [1.807, 2.05) is 13.8 Å². The lowest BCUT2D eigenvalue weighted by atomic mass is 9.94. The molecule has 0 aromatic carbocycles. The molecule has 4 nitrogen and oxygen atoms in total. The molecule has 0 radical (unpaired) electrons. The fraction of sp³-hybridized carbons (Fsp3) is 0.889. The van der Waals surface area contributed by atoms with Gasteiger partial charge in [-0.3, -0.25) is 4.79 Å². The lowest BCUT2D eigenvalue weighted by Gasteiger charge is -2.29. The van der Waals surface area contributed by atoms with Crippen molar-refractivity contribution in [2.75, 3.05) is 6.61 Å². The SMILES string of the molecule is CC1OCCC1(C)NC(=O)[C@H](C)N. The lowest BCUT2D eigenvalue weighted by molar-refractivity contribution is -0.124. The highest BCUT2D eigenvalue weighted by Crippen LogP contribution is 2.24. The second-order valence-corrected chi connectivity index (χ2v) is 3.96. The Morgan fingerprint density at radius 1 is 1.77 bits per heavy atom. The van der Waals surface area contributed by atoms with E-state index in [4.69, 9.17) is 10.5 Å². The molecule has 1 amide bonds. The number of hydrogen-bond acceptors (Lipinski definition) is 3. The number of carbonyl (C=O) groups excluding carboxylic acids is 1. The Morgan fingerprint density at radius 2 is 2.38 bits per heavy atom. The Labute approximate surface area is 78.8 Å². The molecule has 1 aliphatic rings. The third-order valence-electron chi connectivity index (χ3n) is 2.71. The first-order valence-corrected chi connectivity index (χ1v) is 4.65. The number of nitrogens with two attached hydrogens (primary N) is 1. The maximum absolute atomic E-state index is 11.4. The molecule has 13 heavy (non-hydrogen) atoms. The predicted octanol–water partition coefficient (Wildman–Crippen LogP) is 0.0173. The largest absolute Gasteiger partial charge is 0.376 e. The normalized spacial score (nSPS) is 35.8. The van der Waals surface area contributed by atoms with Crippen molar-refractivity contribution in [1.29, 1.82) is 0 Å². The third-order valence-corrected chi connectivity index (χ3v) is 2.71. The molecular formula is C9H18N2O2. The van der Waals surface area contributed by atoms with Crippen molar-refractivity contribution in [3.05, 3.63) is 0 Å². The molecule has 0 aromatic heterocycles. The summed E-state index contributed by atoms with van der Waals surface area (Å²) >= 11 is 0. The Balaban J connectivity index is 2.56. The van der Waals surface area contributed by atoms with Crippen molar-refractivity contribution >= 4 is 5.91 Å². The van der Waals surface area contributed by atoms with Crippen LogP contribution in [0.25, 0.3) is 0 Å². The maximum Gasteiger partial charge on any atom is 0.237 e. The monoisotopic (exact) mass is 186 g/mol. The summed E-state index contributed by atoms with van der Waals surface area (Å²) in [5.41, 5.74) is 5.22. The van der Waals surface area contributed by atoms with Crippen LogP contribution < -0.4 is 11.1 Å². The quantitative estimate of drug-likeness (QED) is 0.639. The van der Waals surface area contributed by atoms with Gasteiger partial charge in [0.1, 0.15) is 0 Å². The van der Waals surface area contributed by atoms with Crippen LogP contribution in [0.15, 0.2) is 0 Å². The van der Waals surface area contributed by atoms with Crippen LogP contribution in [-0.2, 0) is 9.53 Å². The van der Waals surface area contributed by atoms with Gasteiger partial charge in [0.25, 0.3) is 0 Å². The van der Waals surface area contributed by atoms with Crippen LogP contribution in [0.4, 0.5) is 0 Å². The summed E-state index contributed by atoms with van der Waals surface area (Å²) in [7, 11) is 0. The Bertz CT molecular complexity index is 206. The minimum atomic E-state index is -0.454. The number of carbonyl (C=O) groups is 1. The van der Waals surface area contributed by atoms with Crippen molar-refractivity contribution in [2.24, 2.45) is 5.73 Å². The molecule has 3 atom stereocenters. The van der Waals surface area contributed by atoms with E-state index in [-0.39, 0.29) is 17.6 Å². The van der Waals surface area contributed by atoms with E-state index in [0.29, 0.717) is 6.61 Å². The van der Waals surface area contributed by atoms with Gasteiger partial charge in [0.15, 0.2) is 0 Å². The zero-order chi connectivity index (χ0) is 10.1. The summed E-state index contributed by atoms with van der Waals surface area (Å²) in [4.78, 5) is 11.4. The van der Waals surface area contributed by atoms with Crippen molar-refractivity contribution in [2.45, 2.75) is 44.9 Å². The minimum Gasteiger partial charge on any atom is -0.376 e. The van der Waals surface area contributed by atoms with E-state index in [2.05, 4.69) is 5.32 Å². The van der Waals surface area contributed by atoms with E-state index in [9.17, 15) is 4.79 Å². The van der Waals surface area contributed by atoms with Crippen LogP contribution in [0.5, 0.6) is 0 Å². The van der Waals surface area contributed by atoms with Gasteiger partial charge in [-0.2, -0.15) is 0 Å². The zero-order valence-corrected chi connectivity index (χ0v) is 8.46. The lowest BCUT2D eigenvalue weighted by Crippen LogP contribution is -2.54. The van der Waals surface area contributed by atoms with Gasteiger partial charge in [0, 0.05) is 6.61 Å². The van der Waals surface area contributed by atoms with Gasteiger partial charge in [0.05, 0.1) is 17.7 Å². The summed E-state index contributed by atoms with van der Waals surface area (Å²) in [6.45, 7) is 6.34. The molecule has 0 aliphatic carbocycles. The third kappa shape index (κ3) is 2.19. The summed E-state index contributed by atoms with van der Waals surface area (Å²) in [6.07, 6.45) is 0.919. The molecule has 1 heterocycles. The Hall–Kier alpha value is -0.610. The van der Waals surface area contributed by atoms with Gasteiger partial charge in [-0.15, -0.1) is 0 Å². The van der Waals surface area contributed by atoms with Crippen molar-refractivity contribution in [1.82, 2.24) is 5.32 Å². The van der Waals surface area contributed by atoms with Crippen LogP contribution in [-0.4, -0.2) is 30.2 Å². The standard InChI is InChI=1S/C9H18N2O2/c1-6(10)8(12)11-9(3)4-5-13-7(9)2/h6-7H,4-5,10H2,1-3H3,(H,11,12)/t6-,7?,9?/m0/s1. The highest BCUT2D eigenvalue weighted by Gasteiger charge is 2.38. The first-order valence-electron chi connectivity index (χ1n) is 4.65. The van der Waals surface area contributed by atoms with E-state index in [0.717, 1.165) is 6.42 Å². The number of amides is 1. The zero-order valence-electron chi connectivity index (χ0n) is 8.46. The molecule has 1 saturated heterocycles. The summed E-state index contributed by atoms with van der Waals surface area (Å²) in [5, 5.41) is 2.92. The van der Waals surface area contributed by atoms with Gasteiger partial charge in [-0.25, -0.2) is 0 Å². The van der Waals surface area contributed by atoms with Gasteiger partial charge in [0.2, 0.25) is 5.91 Å². The number of nitrogens with one attached hydrogen (secondary N) is 1. The van der Waals surface area contributed by atoms with E-state index >= 15 is 0 Å². The van der Waals surface area contributed by atoms with E-state index in [1.54, 1.807) is 6.92 Å². The molecule has 1 aliphatic heterocycles. The number of ether oxygens (including phenoxy) is 1. The van der Waals surface area contributed by atoms with Gasteiger partial charge in [-0.05, 0) is 27.2 Å². The average molecular weight is 186 g/mol. The smallest absolute Gasteiger partial charge is 0.237 e. The second kappa shape index (κ2) is 3.64. The summed E-state index contributed by atoms with van der Waals surface area (Å²) in [5.74, 6) is -0.111. The highest BCUT2D eigenvalue weighted by atomic mass is 16.5. The average Bonchev–Trinajstić information content (AvgIpc) is 2.32. The second-order valence-electron chi connectivity index (χ2n) is 3.96. The summed E-state index contributed by atoms with van der Waals surface area (Å²) < 4.78 is 5.39. The Morgan fingerprint density at radius 3 is 2.77 bits per heavy atom. The minimum absolute atomic E-state index is 0.0650. The van der Waals surface area contributed by atoms with E-state index in [1.165, 1.54) is 0 Å². The van der Waals surface area contributed by atoms with E-state index < -0.39 is 6.04 Å². The number of hydrogen-bond donors (Lipinski definition) is 2. The molecule has 1 rings (SSSR count). The first-order chi connectivity index (χ1) is 5.96. The summed E-state index contributed by atoms with van der Waals surface area (Å²) in [6, 6.07) is -0.454. The molecule has 0 spiro atoms. The van der Waals surface area contributed by atoms with Gasteiger partial charge in [-0.1, -0.05) is 0 Å². The topological polar surface area (TPSA) is 64.3 Å². The highest BCUT2D eigenvalue weighted by molar-refractivity contribution is 5.81. The molecule has 4 heteroatoms. The molecule has 0 bridgehead atoms. The fourth-order valence-electron chi connectivity index (χ4n) is 1.39. The molecular weight excluding hydrogens is 168 g/mol. The fourth-order valence-corrected chi connectivity index (χ4v) is 1.39. The van der Waals surface area contributed by atoms with Crippen molar-refractivity contribution in [3.8, 4) is 0 Å². The first kappa shape index (κ1) is 10.5.